The zero-order chi connectivity index (χ0) is 15.9. The molecule has 0 saturated heterocycles. The quantitative estimate of drug-likeness (QED) is 0.652. The van der Waals surface area contributed by atoms with E-state index in [4.69, 9.17) is 4.74 Å². The highest BCUT2D eigenvalue weighted by atomic mass is 32.2. The number of esters is 1. The van der Waals surface area contributed by atoms with E-state index in [1.54, 1.807) is 11.8 Å². The molecule has 0 aliphatic rings. The first-order chi connectivity index (χ1) is 10.6. The zero-order valence-electron chi connectivity index (χ0n) is 12.7. The smallest absolute Gasteiger partial charge is 0.312 e. The van der Waals surface area contributed by atoms with E-state index in [-0.39, 0.29) is 5.25 Å². The maximum absolute atomic E-state index is 12.2. The zero-order valence-corrected chi connectivity index (χ0v) is 13.5. The predicted octanol–water partition coefficient (Wildman–Crippen LogP) is 3.69. The standard InChI is InChI=1S/C18H20O3S/c1-13(22-15-11-7-4-8-12-15)16(18(20)21-2)17(19)14-9-5-3-6-10-14/h3-13,16-17,19H,1-2H3/t13-,16+,17?/m1/s1. The first-order valence-electron chi connectivity index (χ1n) is 7.16. The number of benzene rings is 2. The first-order valence-corrected chi connectivity index (χ1v) is 8.04. The summed E-state index contributed by atoms with van der Waals surface area (Å²) in [4.78, 5) is 13.2. The van der Waals surface area contributed by atoms with Gasteiger partial charge in [-0.15, -0.1) is 11.8 Å². The summed E-state index contributed by atoms with van der Waals surface area (Å²) in [5.74, 6) is -1.02. The van der Waals surface area contributed by atoms with Crippen molar-refractivity contribution in [1.29, 1.82) is 0 Å². The van der Waals surface area contributed by atoms with Gasteiger partial charge in [-0.3, -0.25) is 4.79 Å². The minimum Gasteiger partial charge on any atom is -0.469 e. The molecule has 1 unspecified atom stereocenters. The summed E-state index contributed by atoms with van der Waals surface area (Å²) in [6, 6.07) is 19.1. The van der Waals surface area contributed by atoms with Crippen LogP contribution in [0.2, 0.25) is 0 Å². The van der Waals surface area contributed by atoms with Gasteiger partial charge >= 0.3 is 5.97 Å². The molecule has 116 valence electrons. The summed E-state index contributed by atoms with van der Waals surface area (Å²) >= 11 is 1.56. The minimum atomic E-state index is -0.889. The molecule has 1 N–H and O–H groups in total. The van der Waals surface area contributed by atoms with Crippen LogP contribution in [0.25, 0.3) is 0 Å². The average molecular weight is 316 g/mol. The Bertz CT molecular complexity index is 586. The van der Waals surface area contributed by atoms with Gasteiger partial charge in [-0.2, -0.15) is 0 Å². The van der Waals surface area contributed by atoms with E-state index in [2.05, 4.69) is 0 Å². The fourth-order valence-corrected chi connectivity index (χ4v) is 3.51. The minimum absolute atomic E-state index is 0.120. The molecule has 2 aromatic rings. The predicted molar refractivity (Wildman–Crippen MR) is 88.7 cm³/mol. The molecule has 22 heavy (non-hydrogen) atoms. The number of rotatable bonds is 6. The highest BCUT2D eigenvalue weighted by molar-refractivity contribution is 8.00. The van der Waals surface area contributed by atoms with E-state index in [1.165, 1.54) is 7.11 Å². The maximum Gasteiger partial charge on any atom is 0.312 e. The van der Waals surface area contributed by atoms with Crippen molar-refractivity contribution in [3.05, 3.63) is 66.2 Å². The van der Waals surface area contributed by atoms with Gasteiger partial charge < -0.3 is 9.84 Å². The third-order valence-corrected chi connectivity index (χ3v) is 4.73. The van der Waals surface area contributed by atoms with Crippen molar-refractivity contribution in [2.75, 3.05) is 7.11 Å². The number of aliphatic hydroxyl groups is 1. The Morgan fingerprint density at radius 3 is 2.14 bits per heavy atom. The SMILES string of the molecule is COC(=O)[C@H](C(O)c1ccccc1)[C@@H](C)Sc1ccccc1. The molecule has 0 spiro atoms. The lowest BCUT2D eigenvalue weighted by Gasteiger charge is -2.26. The molecule has 2 aromatic carbocycles. The Kier molecular flexibility index (Phi) is 6.04. The number of aliphatic hydroxyl groups excluding tert-OH is 1. The van der Waals surface area contributed by atoms with Crippen molar-refractivity contribution in [2.24, 2.45) is 5.92 Å². The van der Waals surface area contributed by atoms with Crippen LogP contribution in [0.4, 0.5) is 0 Å². The molecule has 0 fully saturated rings. The first kappa shape index (κ1) is 16.6. The summed E-state index contributed by atoms with van der Waals surface area (Å²) in [6.45, 7) is 1.94. The molecule has 0 amide bonds. The summed E-state index contributed by atoms with van der Waals surface area (Å²) in [6.07, 6.45) is -0.889. The number of hydrogen-bond acceptors (Lipinski definition) is 4. The Hall–Kier alpha value is -1.78. The van der Waals surface area contributed by atoms with Crippen LogP contribution < -0.4 is 0 Å². The molecular formula is C18H20O3S. The number of carbonyl (C=O) groups is 1. The van der Waals surface area contributed by atoms with Crippen molar-refractivity contribution >= 4 is 17.7 Å². The number of methoxy groups -OCH3 is 1. The van der Waals surface area contributed by atoms with Crippen molar-refractivity contribution in [3.8, 4) is 0 Å². The molecule has 0 aromatic heterocycles. The second-order valence-corrected chi connectivity index (χ2v) is 6.49. The molecule has 4 heteroatoms. The molecule has 0 heterocycles. The number of ether oxygens (including phenoxy) is 1. The molecule has 0 radical (unpaired) electrons. The van der Waals surface area contributed by atoms with E-state index in [0.717, 1.165) is 10.5 Å². The maximum atomic E-state index is 12.2. The van der Waals surface area contributed by atoms with Gasteiger partial charge in [0.15, 0.2) is 0 Å². The Labute approximate surface area is 135 Å². The van der Waals surface area contributed by atoms with Gasteiger partial charge in [-0.05, 0) is 17.7 Å². The highest BCUT2D eigenvalue weighted by Crippen LogP contribution is 2.35. The van der Waals surface area contributed by atoms with Crippen LogP contribution in [0, 0.1) is 5.92 Å². The monoisotopic (exact) mass is 316 g/mol. The molecule has 0 aliphatic carbocycles. The van der Waals surface area contributed by atoms with Crippen molar-refractivity contribution in [3.63, 3.8) is 0 Å². The largest absolute Gasteiger partial charge is 0.469 e. The van der Waals surface area contributed by atoms with Crippen molar-refractivity contribution < 1.29 is 14.6 Å². The van der Waals surface area contributed by atoms with Crippen LogP contribution >= 0.6 is 11.8 Å². The fourth-order valence-electron chi connectivity index (χ4n) is 2.36. The van der Waals surface area contributed by atoms with E-state index < -0.39 is 18.0 Å². The third-order valence-electron chi connectivity index (χ3n) is 3.53. The van der Waals surface area contributed by atoms with Crippen molar-refractivity contribution in [2.45, 2.75) is 23.2 Å². The molecule has 0 aliphatic heterocycles. The van der Waals surface area contributed by atoms with E-state index in [0.29, 0.717) is 0 Å². The van der Waals surface area contributed by atoms with Gasteiger partial charge in [-0.1, -0.05) is 55.5 Å². The van der Waals surface area contributed by atoms with Gasteiger partial charge in [0.05, 0.1) is 19.1 Å². The second kappa shape index (κ2) is 8.01. The average Bonchev–Trinajstić information content (AvgIpc) is 2.56. The molecule has 3 atom stereocenters. The lowest BCUT2D eigenvalue weighted by molar-refractivity contribution is -0.149. The van der Waals surface area contributed by atoms with E-state index >= 15 is 0 Å². The van der Waals surface area contributed by atoms with Gasteiger partial charge in [0, 0.05) is 10.1 Å². The normalized spacial score (nSPS) is 14.9. The third kappa shape index (κ3) is 4.12. The van der Waals surface area contributed by atoms with Crippen LogP contribution in [0.15, 0.2) is 65.6 Å². The topological polar surface area (TPSA) is 46.5 Å². The Morgan fingerprint density at radius 2 is 1.59 bits per heavy atom. The Morgan fingerprint density at radius 1 is 1.05 bits per heavy atom. The number of carbonyl (C=O) groups excluding carboxylic acids is 1. The molecule has 3 nitrogen and oxygen atoms in total. The lowest BCUT2D eigenvalue weighted by Crippen LogP contribution is -2.31. The van der Waals surface area contributed by atoms with E-state index in [1.807, 2.05) is 67.6 Å². The van der Waals surface area contributed by atoms with Crippen LogP contribution in [-0.4, -0.2) is 23.4 Å². The summed E-state index contributed by atoms with van der Waals surface area (Å²) in [5.41, 5.74) is 0.721. The van der Waals surface area contributed by atoms with Crippen molar-refractivity contribution in [1.82, 2.24) is 0 Å². The fraction of sp³-hybridized carbons (Fsp3) is 0.278. The summed E-state index contributed by atoms with van der Waals surface area (Å²) in [5, 5.41) is 10.5. The van der Waals surface area contributed by atoms with Gasteiger partial charge in [0.2, 0.25) is 0 Å². The van der Waals surface area contributed by atoms with E-state index in [9.17, 15) is 9.90 Å². The van der Waals surface area contributed by atoms with Gasteiger partial charge in [-0.25, -0.2) is 0 Å². The van der Waals surface area contributed by atoms with Crippen LogP contribution in [0.1, 0.15) is 18.6 Å². The number of hydrogen-bond donors (Lipinski definition) is 1. The Balaban J connectivity index is 2.20. The lowest BCUT2D eigenvalue weighted by atomic mass is 9.93. The second-order valence-electron chi connectivity index (χ2n) is 5.04. The van der Waals surface area contributed by atoms with Crippen LogP contribution in [-0.2, 0) is 9.53 Å². The molecular weight excluding hydrogens is 296 g/mol. The molecule has 0 bridgehead atoms. The number of thioether (sulfide) groups is 1. The van der Waals surface area contributed by atoms with Gasteiger partial charge in [0.25, 0.3) is 0 Å². The highest BCUT2D eigenvalue weighted by Gasteiger charge is 2.34. The molecule has 0 saturated carbocycles. The summed E-state index contributed by atoms with van der Waals surface area (Å²) in [7, 11) is 1.35. The summed E-state index contributed by atoms with van der Waals surface area (Å²) < 4.78 is 4.90. The molecule has 2 rings (SSSR count). The van der Waals surface area contributed by atoms with Crippen LogP contribution in [0.5, 0.6) is 0 Å². The van der Waals surface area contributed by atoms with Crippen LogP contribution in [0.3, 0.4) is 0 Å². The van der Waals surface area contributed by atoms with Gasteiger partial charge in [0.1, 0.15) is 0 Å².